The van der Waals surface area contributed by atoms with E-state index in [0.717, 1.165) is 13.1 Å². The Morgan fingerprint density at radius 2 is 2.33 bits per heavy atom. The van der Waals surface area contributed by atoms with Gasteiger partial charge in [-0.15, -0.1) is 0 Å². The maximum atomic E-state index is 10.7. The molecule has 21 heavy (non-hydrogen) atoms. The van der Waals surface area contributed by atoms with Gasteiger partial charge in [0.1, 0.15) is 23.5 Å². The van der Waals surface area contributed by atoms with Crippen LogP contribution in [0.15, 0.2) is 18.2 Å². The zero-order valence-corrected chi connectivity index (χ0v) is 12.9. The second-order valence-corrected chi connectivity index (χ2v) is 5.67. The van der Waals surface area contributed by atoms with Gasteiger partial charge in [0, 0.05) is 31.3 Å². The van der Waals surface area contributed by atoms with Gasteiger partial charge >= 0.3 is 0 Å². The maximum Gasteiger partial charge on any atom is 0.288 e. The number of rotatable bonds is 5. The molecule has 1 aromatic rings. The molecule has 1 unspecified atom stereocenters. The summed E-state index contributed by atoms with van der Waals surface area (Å²) in [6.07, 6.45) is -0.00452. The molecule has 0 spiro atoms. The molecular weight excluding hydrogens is 296 g/mol. The summed E-state index contributed by atoms with van der Waals surface area (Å²) < 4.78 is 11.3. The van der Waals surface area contributed by atoms with Gasteiger partial charge in [-0.05, 0) is 19.9 Å². The summed E-state index contributed by atoms with van der Waals surface area (Å²) >= 11 is 5.85. The largest absolute Gasteiger partial charge is 0.491 e. The Morgan fingerprint density at radius 3 is 2.95 bits per heavy atom. The van der Waals surface area contributed by atoms with Gasteiger partial charge in [-0.25, -0.2) is 0 Å². The lowest BCUT2D eigenvalue weighted by Crippen LogP contribution is -2.47. The van der Waals surface area contributed by atoms with E-state index in [1.165, 1.54) is 12.1 Å². The number of nitro groups is 1. The molecule has 1 aromatic carbocycles. The van der Waals surface area contributed by atoms with Crippen molar-refractivity contribution in [2.45, 2.75) is 26.0 Å². The molecule has 0 amide bonds. The molecular formula is C14H19ClN2O4. The molecule has 0 aliphatic carbocycles. The van der Waals surface area contributed by atoms with E-state index < -0.39 is 4.92 Å². The van der Waals surface area contributed by atoms with E-state index in [4.69, 9.17) is 21.1 Å². The highest BCUT2D eigenvalue weighted by Gasteiger charge is 2.23. The fourth-order valence-electron chi connectivity index (χ4n) is 2.23. The zero-order valence-electron chi connectivity index (χ0n) is 12.1. The van der Waals surface area contributed by atoms with Gasteiger partial charge < -0.3 is 9.47 Å². The summed E-state index contributed by atoms with van der Waals surface area (Å²) in [5.74, 6) is 0.510. The van der Waals surface area contributed by atoms with Crippen LogP contribution in [0.3, 0.4) is 0 Å². The van der Waals surface area contributed by atoms with Crippen LogP contribution in [0.4, 0.5) is 5.69 Å². The summed E-state index contributed by atoms with van der Waals surface area (Å²) in [4.78, 5) is 12.5. The van der Waals surface area contributed by atoms with Crippen molar-refractivity contribution < 1.29 is 14.4 Å². The molecule has 0 radical (unpaired) electrons. The van der Waals surface area contributed by atoms with Crippen molar-refractivity contribution in [1.29, 1.82) is 0 Å². The third-order valence-corrected chi connectivity index (χ3v) is 3.75. The first kappa shape index (κ1) is 16.0. The number of benzene rings is 1. The topological polar surface area (TPSA) is 64.8 Å². The third-order valence-electron chi connectivity index (χ3n) is 3.45. The highest BCUT2D eigenvalue weighted by atomic mass is 35.5. The van der Waals surface area contributed by atoms with Crippen molar-refractivity contribution in [2.24, 2.45) is 0 Å². The summed E-state index contributed by atoms with van der Waals surface area (Å²) in [6, 6.07) is 4.83. The lowest BCUT2D eigenvalue weighted by Gasteiger charge is -2.35. The molecule has 116 valence electrons. The van der Waals surface area contributed by atoms with Crippen LogP contribution in [-0.2, 0) is 4.74 Å². The molecule has 0 bridgehead atoms. The lowest BCUT2D eigenvalue weighted by atomic mass is 10.2. The van der Waals surface area contributed by atoms with Gasteiger partial charge in [0.05, 0.1) is 11.5 Å². The molecule has 1 aliphatic rings. The summed E-state index contributed by atoms with van der Waals surface area (Å²) in [5, 5.41) is 10.8. The predicted octanol–water partition coefficient (Wildman–Crippen LogP) is 2.74. The van der Waals surface area contributed by atoms with Crippen molar-refractivity contribution >= 4 is 17.3 Å². The number of ether oxygens (including phenoxy) is 2. The van der Waals surface area contributed by atoms with E-state index in [1.807, 2.05) is 0 Å². The standard InChI is InChI=1S/C14H19ClN2O4/c1-10(2)16-5-6-20-12(8-16)9-21-11-3-4-14(17(18)19)13(15)7-11/h3-4,7,10,12H,5-6,8-9H2,1-2H3. The minimum atomic E-state index is -0.517. The Bertz CT molecular complexity index is 510. The number of morpholine rings is 1. The number of halogens is 1. The minimum Gasteiger partial charge on any atom is -0.491 e. The van der Waals surface area contributed by atoms with Gasteiger partial charge in [-0.1, -0.05) is 11.6 Å². The van der Waals surface area contributed by atoms with Gasteiger partial charge in [0.15, 0.2) is 0 Å². The lowest BCUT2D eigenvalue weighted by molar-refractivity contribution is -0.384. The molecule has 7 heteroatoms. The van der Waals surface area contributed by atoms with Gasteiger partial charge in [-0.2, -0.15) is 0 Å². The van der Waals surface area contributed by atoms with Crippen LogP contribution in [0.25, 0.3) is 0 Å². The zero-order chi connectivity index (χ0) is 15.4. The molecule has 0 N–H and O–H groups in total. The Labute approximate surface area is 128 Å². The fraction of sp³-hybridized carbons (Fsp3) is 0.571. The van der Waals surface area contributed by atoms with Crippen molar-refractivity contribution in [1.82, 2.24) is 4.90 Å². The number of hydrogen-bond acceptors (Lipinski definition) is 5. The van der Waals surface area contributed by atoms with E-state index in [0.29, 0.717) is 25.0 Å². The quantitative estimate of drug-likeness (QED) is 0.617. The van der Waals surface area contributed by atoms with E-state index >= 15 is 0 Å². The average molecular weight is 315 g/mol. The van der Waals surface area contributed by atoms with Crippen molar-refractivity contribution in [2.75, 3.05) is 26.3 Å². The summed E-state index contributed by atoms with van der Waals surface area (Å²) in [5.41, 5.74) is -0.121. The van der Waals surface area contributed by atoms with Crippen molar-refractivity contribution in [3.63, 3.8) is 0 Å². The first-order valence-electron chi connectivity index (χ1n) is 6.89. The smallest absolute Gasteiger partial charge is 0.288 e. The van der Waals surface area contributed by atoms with E-state index in [1.54, 1.807) is 6.07 Å². The SMILES string of the molecule is CC(C)N1CCOC(COc2ccc([N+](=O)[O-])c(Cl)c2)C1. The second-order valence-electron chi connectivity index (χ2n) is 5.26. The van der Waals surface area contributed by atoms with Crippen LogP contribution in [0, 0.1) is 10.1 Å². The molecule has 1 heterocycles. The van der Waals surface area contributed by atoms with Crippen LogP contribution in [0.5, 0.6) is 5.75 Å². The Kier molecular flexibility index (Phi) is 5.39. The highest BCUT2D eigenvalue weighted by Crippen LogP contribution is 2.28. The summed E-state index contributed by atoms with van der Waals surface area (Å²) in [6.45, 7) is 7.14. The Hall–Kier alpha value is -1.37. The van der Waals surface area contributed by atoms with E-state index in [9.17, 15) is 10.1 Å². The highest BCUT2D eigenvalue weighted by molar-refractivity contribution is 6.32. The van der Waals surface area contributed by atoms with E-state index in [2.05, 4.69) is 18.7 Å². The molecule has 0 saturated carbocycles. The number of nitrogens with zero attached hydrogens (tertiary/aromatic N) is 2. The maximum absolute atomic E-state index is 10.7. The van der Waals surface area contributed by atoms with Gasteiger partial charge in [0.25, 0.3) is 5.69 Å². The Morgan fingerprint density at radius 1 is 1.57 bits per heavy atom. The predicted molar refractivity (Wildman–Crippen MR) is 80.1 cm³/mol. The normalized spacial score (nSPS) is 19.7. The van der Waals surface area contributed by atoms with Crippen LogP contribution in [0.2, 0.25) is 5.02 Å². The minimum absolute atomic E-state index is 0.00452. The molecule has 1 atom stereocenters. The van der Waals surface area contributed by atoms with Crippen LogP contribution >= 0.6 is 11.6 Å². The third kappa shape index (κ3) is 4.30. The molecule has 2 rings (SSSR count). The van der Waals surface area contributed by atoms with Gasteiger partial charge in [0.2, 0.25) is 0 Å². The molecule has 1 saturated heterocycles. The average Bonchev–Trinajstić information content (AvgIpc) is 2.45. The molecule has 1 fully saturated rings. The molecule has 6 nitrogen and oxygen atoms in total. The van der Waals surface area contributed by atoms with Crippen molar-refractivity contribution in [3.05, 3.63) is 33.3 Å². The molecule has 1 aliphatic heterocycles. The molecule has 0 aromatic heterocycles. The Balaban J connectivity index is 1.91. The first-order valence-corrected chi connectivity index (χ1v) is 7.27. The van der Waals surface area contributed by atoms with Crippen LogP contribution in [0.1, 0.15) is 13.8 Å². The van der Waals surface area contributed by atoms with Crippen molar-refractivity contribution in [3.8, 4) is 5.75 Å². The summed E-state index contributed by atoms with van der Waals surface area (Å²) in [7, 11) is 0. The number of hydrogen-bond donors (Lipinski definition) is 0. The second kappa shape index (κ2) is 7.06. The fourth-order valence-corrected chi connectivity index (χ4v) is 2.47. The number of nitro benzene ring substituents is 1. The van der Waals surface area contributed by atoms with Crippen LogP contribution < -0.4 is 4.74 Å². The first-order chi connectivity index (χ1) is 9.97. The van der Waals surface area contributed by atoms with Gasteiger partial charge in [-0.3, -0.25) is 15.0 Å². The van der Waals surface area contributed by atoms with Crippen LogP contribution in [-0.4, -0.2) is 48.3 Å². The monoisotopic (exact) mass is 314 g/mol. The van der Waals surface area contributed by atoms with E-state index in [-0.39, 0.29) is 16.8 Å².